The molecule has 0 fully saturated rings. The van der Waals surface area contributed by atoms with Crippen molar-refractivity contribution in [3.05, 3.63) is 0 Å². The molecule has 16 heteroatoms. The van der Waals surface area contributed by atoms with E-state index in [1.54, 1.807) is 0 Å². The van der Waals surface area contributed by atoms with E-state index in [9.17, 15) is 13.7 Å². The zero-order valence-electron chi connectivity index (χ0n) is 12.8. The van der Waals surface area contributed by atoms with Crippen molar-refractivity contribution >= 4 is 23.5 Å². The van der Waals surface area contributed by atoms with Gasteiger partial charge >= 0.3 is 23.5 Å². The van der Waals surface area contributed by atoms with E-state index < -0.39 is 23.5 Å². The molecule has 0 saturated carbocycles. The van der Waals surface area contributed by atoms with Crippen LogP contribution in [-0.4, -0.2) is 57.3 Å². The molecule has 0 aliphatic rings. The van der Waals surface area contributed by atoms with Crippen LogP contribution < -0.4 is 0 Å². The Morgan fingerprint density at radius 1 is 0.500 bits per heavy atom. The topological polar surface area (TPSA) is 167 Å². The van der Waals surface area contributed by atoms with E-state index in [1.807, 2.05) is 0 Å². The Bertz CT molecular complexity index is 308. The van der Waals surface area contributed by atoms with Crippen LogP contribution in [0.25, 0.3) is 0 Å². The summed E-state index contributed by atoms with van der Waals surface area (Å²) in [6.07, 6.45) is 0. The first-order chi connectivity index (χ1) is 9.36. The van der Waals surface area contributed by atoms with Gasteiger partial charge < -0.3 is 14.7 Å². The van der Waals surface area contributed by atoms with Crippen LogP contribution >= 0.6 is 23.5 Å². The standard InChI is InChI=1S/3C2H7O4P.V/c3*1-5-7(3,4)6-2;/h3*1-2H3,(H,3,4);. The van der Waals surface area contributed by atoms with Crippen LogP contribution in [0.3, 0.4) is 0 Å². The summed E-state index contributed by atoms with van der Waals surface area (Å²) in [5.74, 6) is 0. The summed E-state index contributed by atoms with van der Waals surface area (Å²) in [4.78, 5) is 24.7. The van der Waals surface area contributed by atoms with Gasteiger partial charge in [-0.15, -0.1) is 0 Å². The Morgan fingerprint density at radius 3 is 0.591 bits per heavy atom. The maximum absolute atomic E-state index is 10.1. The third-order valence-corrected chi connectivity index (χ3v) is 4.15. The molecule has 0 spiro atoms. The van der Waals surface area contributed by atoms with Crippen molar-refractivity contribution in [2.75, 3.05) is 42.7 Å². The summed E-state index contributed by atoms with van der Waals surface area (Å²) < 4.78 is 54.0. The molecular formula is C6H21O12P3V. The van der Waals surface area contributed by atoms with Gasteiger partial charge in [-0.3, -0.25) is 27.1 Å². The third-order valence-electron chi connectivity index (χ3n) is 1.38. The smallest absolute Gasteiger partial charge is 0.303 e. The van der Waals surface area contributed by atoms with Gasteiger partial charge in [0.15, 0.2) is 0 Å². The minimum atomic E-state index is -3.65. The summed E-state index contributed by atoms with van der Waals surface area (Å²) in [7, 11) is -4.35. The molecule has 0 heterocycles. The van der Waals surface area contributed by atoms with Crippen molar-refractivity contribution in [3.63, 3.8) is 0 Å². The normalized spacial score (nSPS) is 11.3. The van der Waals surface area contributed by atoms with Crippen molar-refractivity contribution in [1.29, 1.82) is 0 Å². The predicted molar refractivity (Wildman–Crippen MR) is 71.5 cm³/mol. The molecule has 0 saturated heterocycles. The molecule has 0 rings (SSSR count). The van der Waals surface area contributed by atoms with Crippen molar-refractivity contribution < 1.29 is 74.1 Å². The van der Waals surface area contributed by atoms with E-state index in [1.165, 1.54) is 0 Å². The summed E-state index contributed by atoms with van der Waals surface area (Å²) in [6, 6.07) is 0. The minimum absolute atomic E-state index is 0. The van der Waals surface area contributed by atoms with Gasteiger partial charge in [0.2, 0.25) is 0 Å². The molecule has 1 radical (unpaired) electrons. The van der Waals surface area contributed by atoms with E-state index in [0.717, 1.165) is 42.7 Å². The number of rotatable bonds is 6. The van der Waals surface area contributed by atoms with E-state index in [4.69, 9.17) is 14.7 Å². The van der Waals surface area contributed by atoms with Crippen molar-refractivity contribution in [1.82, 2.24) is 0 Å². The van der Waals surface area contributed by atoms with Crippen LogP contribution in [0.4, 0.5) is 0 Å². The van der Waals surface area contributed by atoms with Crippen LogP contribution in [0.15, 0.2) is 0 Å². The van der Waals surface area contributed by atoms with Crippen molar-refractivity contribution in [2.24, 2.45) is 0 Å². The van der Waals surface area contributed by atoms with E-state index >= 15 is 0 Å². The molecule has 0 aliphatic heterocycles. The van der Waals surface area contributed by atoms with Gasteiger partial charge in [0, 0.05) is 61.2 Å². The molecule has 137 valence electrons. The Labute approximate surface area is 140 Å². The van der Waals surface area contributed by atoms with E-state index in [2.05, 4.69) is 27.1 Å². The van der Waals surface area contributed by atoms with Gasteiger partial charge in [0.05, 0.1) is 0 Å². The summed E-state index contributed by atoms with van der Waals surface area (Å²) in [6.45, 7) is 0. The summed E-state index contributed by atoms with van der Waals surface area (Å²) in [5.41, 5.74) is 0. The van der Waals surface area contributed by atoms with Crippen LogP contribution in [-0.2, 0) is 59.4 Å². The van der Waals surface area contributed by atoms with Crippen LogP contribution in [0, 0.1) is 0 Å². The van der Waals surface area contributed by atoms with Gasteiger partial charge in [-0.05, 0) is 0 Å². The average molecular weight is 429 g/mol. The maximum Gasteiger partial charge on any atom is 0.471 e. The van der Waals surface area contributed by atoms with Gasteiger partial charge in [0.1, 0.15) is 0 Å². The fourth-order valence-corrected chi connectivity index (χ4v) is 0.671. The molecule has 0 atom stereocenters. The molecule has 12 nitrogen and oxygen atoms in total. The Kier molecular flexibility index (Phi) is 21.6. The monoisotopic (exact) mass is 429 g/mol. The van der Waals surface area contributed by atoms with Crippen LogP contribution in [0.1, 0.15) is 0 Å². The second-order valence-corrected chi connectivity index (χ2v) is 7.50. The predicted octanol–water partition coefficient (Wildman–Crippen LogP) is 1.14. The minimum Gasteiger partial charge on any atom is -0.303 e. The Morgan fingerprint density at radius 2 is 0.591 bits per heavy atom. The van der Waals surface area contributed by atoms with E-state index in [-0.39, 0.29) is 18.6 Å². The number of phosphoric ester groups is 3. The summed E-state index contributed by atoms with van der Waals surface area (Å²) >= 11 is 0. The first kappa shape index (κ1) is 30.8. The fraction of sp³-hybridized carbons (Fsp3) is 1.00. The molecule has 0 bridgehead atoms. The first-order valence-electron chi connectivity index (χ1n) is 4.69. The zero-order valence-corrected chi connectivity index (χ0v) is 16.9. The summed E-state index contributed by atoms with van der Waals surface area (Å²) in [5, 5.41) is 0. The van der Waals surface area contributed by atoms with Gasteiger partial charge in [-0.1, -0.05) is 0 Å². The third kappa shape index (κ3) is 23.2. The molecule has 0 amide bonds. The maximum atomic E-state index is 10.1. The van der Waals surface area contributed by atoms with Gasteiger partial charge in [-0.25, -0.2) is 13.7 Å². The SMILES string of the molecule is COP(=O)(O)OC.COP(=O)(O)OC.COP(=O)(O)OC.[V]. The number of hydrogen-bond donors (Lipinski definition) is 3. The van der Waals surface area contributed by atoms with E-state index in [0.29, 0.717) is 0 Å². The van der Waals surface area contributed by atoms with Crippen LogP contribution in [0.2, 0.25) is 0 Å². The molecule has 3 N–H and O–H groups in total. The van der Waals surface area contributed by atoms with Gasteiger partial charge in [-0.2, -0.15) is 0 Å². The zero-order chi connectivity index (χ0) is 17.7. The first-order valence-corrected chi connectivity index (χ1v) is 9.18. The quantitative estimate of drug-likeness (QED) is 0.516. The molecule has 0 aromatic heterocycles. The van der Waals surface area contributed by atoms with Crippen molar-refractivity contribution in [3.8, 4) is 0 Å². The molecule has 0 aromatic rings. The second-order valence-electron chi connectivity index (χ2n) is 2.50. The van der Waals surface area contributed by atoms with Gasteiger partial charge in [0.25, 0.3) is 0 Å². The Balaban J connectivity index is -0.000000108. The van der Waals surface area contributed by atoms with Crippen molar-refractivity contribution in [2.45, 2.75) is 0 Å². The Hall–Kier alpha value is 0.914. The molecule has 22 heavy (non-hydrogen) atoms. The number of hydrogen-bond acceptors (Lipinski definition) is 9. The largest absolute Gasteiger partial charge is 0.471 e. The van der Waals surface area contributed by atoms with Crippen LogP contribution in [0.5, 0.6) is 0 Å². The number of phosphoric acid groups is 3. The molecule has 0 unspecified atom stereocenters. The fourth-order valence-electron chi connectivity index (χ4n) is 0.224. The molecule has 0 aliphatic carbocycles. The molecule has 0 aromatic carbocycles. The second kappa shape index (κ2) is 15.4. The average Bonchev–Trinajstić information content (AvgIpc) is 2.48. The molecular weight excluding hydrogens is 408 g/mol.